The zero-order valence-electron chi connectivity index (χ0n) is 9.45. The van der Waals surface area contributed by atoms with Gasteiger partial charge in [0.05, 0.1) is 5.69 Å². The second-order valence-corrected chi connectivity index (χ2v) is 4.44. The molecule has 1 aromatic rings. The van der Waals surface area contributed by atoms with Gasteiger partial charge in [-0.3, -0.25) is 4.68 Å². The minimum atomic E-state index is 0.795. The standard InChI is InChI=1S/C11H20BrN3/c1-2-3-4-5-6-7-8-15-10-11(9-12)13-14-15/h10H,2-9H2,1H3. The van der Waals surface area contributed by atoms with Gasteiger partial charge in [0.25, 0.3) is 0 Å². The molecule has 0 aliphatic rings. The fourth-order valence-electron chi connectivity index (χ4n) is 1.56. The zero-order chi connectivity index (χ0) is 10.9. The molecule has 3 nitrogen and oxygen atoms in total. The number of hydrogen-bond acceptors (Lipinski definition) is 2. The molecule has 0 radical (unpaired) electrons. The van der Waals surface area contributed by atoms with E-state index < -0.39 is 0 Å². The fourth-order valence-corrected chi connectivity index (χ4v) is 1.82. The van der Waals surface area contributed by atoms with Gasteiger partial charge in [-0.2, -0.15) is 0 Å². The van der Waals surface area contributed by atoms with E-state index in [0.29, 0.717) is 0 Å². The monoisotopic (exact) mass is 273 g/mol. The van der Waals surface area contributed by atoms with Crippen LogP contribution in [0.15, 0.2) is 6.20 Å². The topological polar surface area (TPSA) is 30.7 Å². The van der Waals surface area contributed by atoms with E-state index >= 15 is 0 Å². The first-order valence-corrected chi connectivity index (χ1v) is 6.94. The number of aryl methyl sites for hydroxylation is 1. The quantitative estimate of drug-likeness (QED) is 0.536. The molecule has 0 saturated carbocycles. The second kappa shape index (κ2) is 7.85. The molecule has 0 spiro atoms. The molecule has 0 amide bonds. The van der Waals surface area contributed by atoms with E-state index in [4.69, 9.17) is 0 Å². The molecule has 0 N–H and O–H groups in total. The number of aromatic nitrogens is 3. The SMILES string of the molecule is CCCCCCCCn1cc(CBr)nn1. The summed E-state index contributed by atoms with van der Waals surface area (Å²) in [5.74, 6) is 0. The first-order valence-electron chi connectivity index (χ1n) is 5.81. The van der Waals surface area contributed by atoms with E-state index in [-0.39, 0.29) is 0 Å². The van der Waals surface area contributed by atoms with E-state index in [0.717, 1.165) is 17.6 Å². The van der Waals surface area contributed by atoms with Crippen LogP contribution in [0.3, 0.4) is 0 Å². The van der Waals surface area contributed by atoms with Crippen LogP contribution >= 0.6 is 15.9 Å². The maximum Gasteiger partial charge on any atom is 0.0932 e. The number of halogens is 1. The molecule has 0 fully saturated rings. The fraction of sp³-hybridized carbons (Fsp3) is 0.818. The summed E-state index contributed by atoms with van der Waals surface area (Å²) in [4.78, 5) is 0. The number of hydrogen-bond donors (Lipinski definition) is 0. The molecule has 1 heterocycles. The first-order chi connectivity index (χ1) is 7.36. The Morgan fingerprint density at radius 2 is 1.93 bits per heavy atom. The zero-order valence-corrected chi connectivity index (χ0v) is 11.0. The Bertz CT molecular complexity index is 260. The maximum atomic E-state index is 4.06. The molecule has 0 unspecified atom stereocenters. The molecule has 1 rings (SSSR count). The Kier molecular flexibility index (Phi) is 6.64. The Balaban J connectivity index is 2.04. The third kappa shape index (κ3) is 5.30. The lowest BCUT2D eigenvalue weighted by molar-refractivity contribution is 0.516. The van der Waals surface area contributed by atoms with Crippen molar-refractivity contribution in [3.8, 4) is 0 Å². The highest BCUT2D eigenvalue weighted by Crippen LogP contribution is 2.06. The predicted molar refractivity (Wildman–Crippen MR) is 66.0 cm³/mol. The lowest BCUT2D eigenvalue weighted by Gasteiger charge is -2.00. The van der Waals surface area contributed by atoms with E-state index in [1.54, 1.807) is 0 Å². The maximum absolute atomic E-state index is 4.06. The summed E-state index contributed by atoms with van der Waals surface area (Å²) >= 11 is 3.37. The summed E-state index contributed by atoms with van der Waals surface area (Å²) in [5, 5.41) is 8.88. The molecule has 15 heavy (non-hydrogen) atoms. The summed E-state index contributed by atoms with van der Waals surface area (Å²) in [6, 6.07) is 0. The summed E-state index contributed by atoms with van der Waals surface area (Å²) in [6.07, 6.45) is 9.96. The molecule has 4 heteroatoms. The molecule has 0 aromatic carbocycles. The average molecular weight is 274 g/mol. The molecule has 0 bridgehead atoms. The number of rotatable bonds is 8. The van der Waals surface area contributed by atoms with Gasteiger partial charge in [0.15, 0.2) is 0 Å². The van der Waals surface area contributed by atoms with Crippen LogP contribution < -0.4 is 0 Å². The minimum Gasteiger partial charge on any atom is -0.252 e. The van der Waals surface area contributed by atoms with Crippen molar-refractivity contribution in [1.82, 2.24) is 15.0 Å². The Labute approximate surface area is 100 Å². The van der Waals surface area contributed by atoms with Crippen LogP contribution in [0.2, 0.25) is 0 Å². The van der Waals surface area contributed by atoms with Gasteiger partial charge in [-0.25, -0.2) is 0 Å². The van der Waals surface area contributed by atoms with Crippen molar-refractivity contribution in [3.63, 3.8) is 0 Å². The van der Waals surface area contributed by atoms with E-state index in [1.807, 2.05) is 10.9 Å². The van der Waals surface area contributed by atoms with Gasteiger partial charge in [0.2, 0.25) is 0 Å². The van der Waals surface area contributed by atoms with Crippen molar-refractivity contribution in [2.75, 3.05) is 0 Å². The lowest BCUT2D eigenvalue weighted by atomic mass is 10.1. The first kappa shape index (κ1) is 12.7. The molecule has 0 atom stereocenters. The van der Waals surface area contributed by atoms with Crippen LogP contribution in [-0.2, 0) is 11.9 Å². The second-order valence-electron chi connectivity index (χ2n) is 3.87. The van der Waals surface area contributed by atoms with Gasteiger partial charge in [0.1, 0.15) is 0 Å². The van der Waals surface area contributed by atoms with Crippen molar-refractivity contribution < 1.29 is 0 Å². The normalized spacial score (nSPS) is 10.8. The number of alkyl halides is 1. The minimum absolute atomic E-state index is 0.795. The van der Waals surface area contributed by atoms with Gasteiger partial charge in [0, 0.05) is 18.1 Å². The Hall–Kier alpha value is -0.380. The summed E-state index contributed by atoms with van der Waals surface area (Å²) < 4.78 is 1.94. The van der Waals surface area contributed by atoms with Crippen molar-refractivity contribution in [2.45, 2.75) is 57.3 Å². The Morgan fingerprint density at radius 1 is 1.20 bits per heavy atom. The van der Waals surface area contributed by atoms with Crippen molar-refractivity contribution in [2.24, 2.45) is 0 Å². The van der Waals surface area contributed by atoms with Gasteiger partial charge < -0.3 is 0 Å². The van der Waals surface area contributed by atoms with Crippen LogP contribution in [0.1, 0.15) is 51.1 Å². The smallest absolute Gasteiger partial charge is 0.0932 e. The van der Waals surface area contributed by atoms with Crippen molar-refractivity contribution >= 4 is 15.9 Å². The third-order valence-electron chi connectivity index (χ3n) is 2.46. The summed E-state index contributed by atoms with van der Waals surface area (Å²) in [7, 11) is 0. The number of nitrogens with zero attached hydrogens (tertiary/aromatic N) is 3. The highest BCUT2D eigenvalue weighted by Gasteiger charge is 1.98. The van der Waals surface area contributed by atoms with E-state index in [2.05, 4.69) is 33.2 Å². The lowest BCUT2D eigenvalue weighted by Crippen LogP contribution is -1.98. The van der Waals surface area contributed by atoms with Gasteiger partial charge in [-0.05, 0) is 6.42 Å². The molecule has 0 aliphatic carbocycles. The summed E-state index contributed by atoms with van der Waals surface area (Å²) in [6.45, 7) is 3.25. The van der Waals surface area contributed by atoms with Crippen LogP contribution in [-0.4, -0.2) is 15.0 Å². The molecule has 1 aromatic heterocycles. The van der Waals surface area contributed by atoms with Crippen molar-refractivity contribution in [3.05, 3.63) is 11.9 Å². The number of unbranched alkanes of at least 4 members (excludes halogenated alkanes) is 5. The van der Waals surface area contributed by atoms with E-state index in [9.17, 15) is 0 Å². The molecular weight excluding hydrogens is 254 g/mol. The van der Waals surface area contributed by atoms with Crippen LogP contribution in [0.25, 0.3) is 0 Å². The molecule has 0 saturated heterocycles. The van der Waals surface area contributed by atoms with Crippen LogP contribution in [0.4, 0.5) is 0 Å². The summed E-state index contributed by atoms with van der Waals surface area (Å²) in [5.41, 5.74) is 1.01. The van der Waals surface area contributed by atoms with Crippen LogP contribution in [0.5, 0.6) is 0 Å². The highest BCUT2D eigenvalue weighted by atomic mass is 79.9. The van der Waals surface area contributed by atoms with Gasteiger partial charge >= 0.3 is 0 Å². The third-order valence-corrected chi connectivity index (χ3v) is 3.04. The molecular formula is C11H20BrN3. The molecule has 0 aliphatic heterocycles. The van der Waals surface area contributed by atoms with E-state index in [1.165, 1.54) is 38.5 Å². The van der Waals surface area contributed by atoms with Crippen molar-refractivity contribution in [1.29, 1.82) is 0 Å². The predicted octanol–water partition coefficient (Wildman–Crippen LogP) is 3.53. The molecule has 86 valence electrons. The highest BCUT2D eigenvalue weighted by molar-refractivity contribution is 9.08. The van der Waals surface area contributed by atoms with Gasteiger partial charge in [-0.15, -0.1) is 5.10 Å². The average Bonchev–Trinajstić information content (AvgIpc) is 2.71. The van der Waals surface area contributed by atoms with Crippen LogP contribution in [0, 0.1) is 0 Å². The Morgan fingerprint density at radius 3 is 2.60 bits per heavy atom. The van der Waals surface area contributed by atoms with Gasteiger partial charge in [-0.1, -0.05) is 60.2 Å². The largest absolute Gasteiger partial charge is 0.252 e.